The van der Waals surface area contributed by atoms with E-state index in [0.717, 1.165) is 10.9 Å². The zero-order valence-corrected chi connectivity index (χ0v) is 14.6. The fourth-order valence-electron chi connectivity index (χ4n) is 1.90. The van der Waals surface area contributed by atoms with Crippen molar-refractivity contribution >= 4 is 43.0 Å². The van der Waals surface area contributed by atoms with Gasteiger partial charge in [-0.3, -0.25) is 4.72 Å². The minimum atomic E-state index is -3.74. The molecule has 2 N–H and O–H groups in total. The molecule has 21 heavy (non-hydrogen) atoms. The molecule has 1 heterocycles. The molecule has 0 radical (unpaired) electrons. The van der Waals surface area contributed by atoms with Crippen LogP contribution < -0.4 is 10.0 Å². The maximum Gasteiger partial charge on any atom is 0.263 e. The first-order valence-corrected chi connectivity index (χ1v) is 9.20. The Kier molecular flexibility index (Phi) is 5.03. The standard InChI is InChI=1S/C13H14BrFN2O2S2/c1-8-7-20-12(6-16-2)13(8)21(18,19)17-9-3-4-10(14)11(15)5-9/h3-5,7,16-17H,6H2,1-2H3. The lowest BCUT2D eigenvalue weighted by Gasteiger charge is -2.10. The highest BCUT2D eigenvalue weighted by Crippen LogP contribution is 2.29. The molecule has 1 aromatic heterocycles. The Morgan fingerprint density at radius 2 is 2.10 bits per heavy atom. The van der Waals surface area contributed by atoms with Crippen LogP contribution in [0.1, 0.15) is 10.4 Å². The average Bonchev–Trinajstić information content (AvgIpc) is 2.76. The first-order valence-electron chi connectivity index (χ1n) is 6.04. The van der Waals surface area contributed by atoms with Crippen molar-refractivity contribution in [1.29, 1.82) is 0 Å². The zero-order chi connectivity index (χ0) is 15.6. The maximum atomic E-state index is 13.5. The molecule has 0 aliphatic heterocycles. The molecular formula is C13H14BrFN2O2S2. The summed E-state index contributed by atoms with van der Waals surface area (Å²) in [5, 5.41) is 4.74. The smallest absolute Gasteiger partial charge is 0.263 e. The molecule has 0 amide bonds. The van der Waals surface area contributed by atoms with Crippen molar-refractivity contribution < 1.29 is 12.8 Å². The van der Waals surface area contributed by atoms with Gasteiger partial charge in [0.25, 0.3) is 10.0 Å². The third kappa shape index (κ3) is 3.63. The van der Waals surface area contributed by atoms with Crippen LogP contribution in [0.25, 0.3) is 0 Å². The number of hydrogen-bond acceptors (Lipinski definition) is 4. The van der Waals surface area contributed by atoms with Crippen molar-refractivity contribution in [3.8, 4) is 0 Å². The van der Waals surface area contributed by atoms with E-state index in [1.165, 1.54) is 23.5 Å². The van der Waals surface area contributed by atoms with E-state index in [1.807, 2.05) is 0 Å². The molecule has 1 aromatic carbocycles. The Hall–Kier alpha value is -0.960. The number of hydrogen-bond donors (Lipinski definition) is 2. The summed E-state index contributed by atoms with van der Waals surface area (Å²) in [5.41, 5.74) is 0.868. The van der Waals surface area contributed by atoms with Crippen molar-refractivity contribution in [3.63, 3.8) is 0 Å². The van der Waals surface area contributed by atoms with E-state index in [1.54, 1.807) is 19.4 Å². The van der Waals surface area contributed by atoms with Crippen LogP contribution in [0.15, 0.2) is 32.9 Å². The van der Waals surface area contributed by atoms with Crippen molar-refractivity contribution in [2.24, 2.45) is 0 Å². The second kappa shape index (κ2) is 6.43. The highest BCUT2D eigenvalue weighted by Gasteiger charge is 2.23. The number of halogens is 2. The summed E-state index contributed by atoms with van der Waals surface area (Å²) in [4.78, 5) is 0.977. The van der Waals surface area contributed by atoms with Crippen LogP contribution in [0.5, 0.6) is 0 Å². The van der Waals surface area contributed by atoms with Gasteiger partial charge in [0.05, 0.1) is 10.2 Å². The minimum absolute atomic E-state index is 0.191. The van der Waals surface area contributed by atoms with Gasteiger partial charge in [0.1, 0.15) is 10.7 Å². The van der Waals surface area contributed by atoms with E-state index in [-0.39, 0.29) is 15.1 Å². The molecule has 4 nitrogen and oxygen atoms in total. The number of sulfonamides is 1. The third-order valence-electron chi connectivity index (χ3n) is 2.77. The molecule has 0 atom stereocenters. The summed E-state index contributed by atoms with van der Waals surface area (Å²) in [6.07, 6.45) is 0. The SMILES string of the molecule is CNCc1scc(C)c1S(=O)(=O)Nc1ccc(Br)c(F)c1. The van der Waals surface area contributed by atoms with Gasteiger partial charge in [-0.05, 0) is 59.0 Å². The summed E-state index contributed by atoms with van der Waals surface area (Å²) < 4.78 is 41.2. The lowest BCUT2D eigenvalue weighted by Crippen LogP contribution is -2.16. The summed E-state index contributed by atoms with van der Waals surface area (Å²) in [6.45, 7) is 2.20. The number of benzene rings is 1. The molecule has 2 aromatic rings. The van der Waals surface area contributed by atoms with Gasteiger partial charge in [0, 0.05) is 11.4 Å². The van der Waals surface area contributed by atoms with Gasteiger partial charge < -0.3 is 5.32 Å². The lowest BCUT2D eigenvalue weighted by molar-refractivity contribution is 0.599. The molecule has 0 bridgehead atoms. The molecule has 0 spiro atoms. The molecule has 0 unspecified atom stereocenters. The third-order valence-corrected chi connectivity index (χ3v) is 6.25. The second-order valence-corrected chi connectivity index (χ2v) is 7.87. The van der Waals surface area contributed by atoms with Gasteiger partial charge in [-0.2, -0.15) is 0 Å². The van der Waals surface area contributed by atoms with E-state index in [4.69, 9.17) is 0 Å². The van der Waals surface area contributed by atoms with Crippen LogP contribution in [-0.2, 0) is 16.6 Å². The Bertz CT molecular complexity index is 760. The Balaban J connectivity index is 2.38. The molecule has 114 valence electrons. The Morgan fingerprint density at radius 1 is 1.38 bits per heavy atom. The molecule has 2 rings (SSSR count). The van der Waals surface area contributed by atoms with E-state index < -0.39 is 15.8 Å². The summed E-state index contributed by atoms with van der Waals surface area (Å²) in [6, 6.07) is 4.10. The van der Waals surface area contributed by atoms with E-state index in [9.17, 15) is 12.8 Å². The van der Waals surface area contributed by atoms with Crippen LogP contribution in [0, 0.1) is 12.7 Å². The Labute approximate surface area is 135 Å². The monoisotopic (exact) mass is 392 g/mol. The van der Waals surface area contributed by atoms with E-state index in [2.05, 4.69) is 26.0 Å². The van der Waals surface area contributed by atoms with Crippen LogP contribution >= 0.6 is 27.3 Å². The summed E-state index contributed by atoms with van der Waals surface area (Å²) >= 11 is 4.41. The highest BCUT2D eigenvalue weighted by atomic mass is 79.9. The van der Waals surface area contributed by atoms with Crippen molar-refractivity contribution in [2.75, 3.05) is 11.8 Å². The maximum absolute atomic E-state index is 13.5. The molecule has 0 aliphatic carbocycles. The predicted molar refractivity (Wildman–Crippen MR) is 86.7 cm³/mol. The van der Waals surface area contributed by atoms with Crippen molar-refractivity contribution in [1.82, 2.24) is 5.32 Å². The quantitative estimate of drug-likeness (QED) is 0.818. The van der Waals surface area contributed by atoms with Gasteiger partial charge in [-0.1, -0.05) is 0 Å². The number of thiophene rings is 1. The number of nitrogens with one attached hydrogen (secondary N) is 2. The topological polar surface area (TPSA) is 58.2 Å². The second-order valence-electron chi connectivity index (χ2n) is 4.44. The van der Waals surface area contributed by atoms with E-state index in [0.29, 0.717) is 12.1 Å². The van der Waals surface area contributed by atoms with Crippen LogP contribution in [0.3, 0.4) is 0 Å². The van der Waals surface area contributed by atoms with Gasteiger partial charge >= 0.3 is 0 Å². The first kappa shape index (κ1) is 16.4. The van der Waals surface area contributed by atoms with Gasteiger partial charge in [-0.15, -0.1) is 11.3 Å². The normalized spacial score (nSPS) is 11.6. The zero-order valence-electron chi connectivity index (χ0n) is 11.4. The van der Waals surface area contributed by atoms with Crippen molar-refractivity contribution in [3.05, 3.63) is 44.3 Å². The van der Waals surface area contributed by atoms with Crippen molar-refractivity contribution in [2.45, 2.75) is 18.4 Å². The molecule has 0 aliphatic rings. The number of rotatable bonds is 5. The first-order chi connectivity index (χ1) is 9.85. The minimum Gasteiger partial charge on any atom is -0.315 e. The largest absolute Gasteiger partial charge is 0.315 e. The molecule has 0 saturated carbocycles. The summed E-state index contributed by atoms with van der Waals surface area (Å²) in [7, 11) is -1.99. The predicted octanol–water partition coefficient (Wildman–Crippen LogP) is 3.48. The van der Waals surface area contributed by atoms with Crippen LogP contribution in [-0.4, -0.2) is 15.5 Å². The van der Waals surface area contributed by atoms with Crippen LogP contribution in [0.4, 0.5) is 10.1 Å². The van der Waals surface area contributed by atoms with Gasteiger partial charge in [0.2, 0.25) is 0 Å². The average molecular weight is 393 g/mol. The Morgan fingerprint density at radius 3 is 2.71 bits per heavy atom. The number of anilines is 1. The van der Waals surface area contributed by atoms with E-state index >= 15 is 0 Å². The molecule has 0 fully saturated rings. The summed E-state index contributed by atoms with van der Waals surface area (Å²) in [5.74, 6) is -0.521. The fourth-order valence-corrected chi connectivity index (χ4v) is 5.02. The molecule has 0 saturated heterocycles. The molecular weight excluding hydrogens is 379 g/mol. The highest BCUT2D eigenvalue weighted by molar-refractivity contribution is 9.10. The lowest BCUT2D eigenvalue weighted by atomic mass is 10.3. The van der Waals surface area contributed by atoms with Crippen LogP contribution in [0.2, 0.25) is 0 Å². The molecule has 8 heteroatoms. The van der Waals surface area contributed by atoms with Gasteiger partial charge in [0.15, 0.2) is 0 Å². The number of aryl methyl sites for hydroxylation is 1. The fraction of sp³-hybridized carbons (Fsp3) is 0.231. The van der Waals surface area contributed by atoms with Gasteiger partial charge in [-0.25, -0.2) is 12.8 Å².